The molecule has 3 fully saturated rings. The molecule has 3 aliphatic rings. The number of halogens is 3. The molecule has 0 aromatic rings. The highest BCUT2D eigenvalue weighted by molar-refractivity contribution is 5.88. The fourth-order valence-corrected chi connectivity index (χ4v) is 4.23. The van der Waals surface area contributed by atoms with Gasteiger partial charge in [0, 0.05) is 31.6 Å². The lowest BCUT2D eigenvalue weighted by Gasteiger charge is -2.51. The standard InChI is InChI=1S/C19H27F3N2O5/c1-5-28-13(25)12-8-23(15(27)29-16(2,3)4)9-17(12)10-24(11-17)14(26)18(6-7-18)19(20,21)22/h12H,5-11H2,1-4H3. The third-order valence-electron chi connectivity index (χ3n) is 5.87. The predicted molar refractivity (Wildman–Crippen MR) is 94.7 cm³/mol. The van der Waals surface area contributed by atoms with Gasteiger partial charge in [-0.2, -0.15) is 13.2 Å². The van der Waals surface area contributed by atoms with Crippen LogP contribution in [0.1, 0.15) is 40.5 Å². The molecule has 2 amide bonds. The number of alkyl halides is 3. The maximum atomic E-state index is 13.3. The number of carbonyl (C=O) groups excluding carboxylic acids is 3. The summed E-state index contributed by atoms with van der Waals surface area (Å²) in [6.45, 7) is 7.13. The van der Waals surface area contributed by atoms with Crippen molar-refractivity contribution in [2.24, 2.45) is 16.7 Å². The molecule has 1 atom stereocenters. The summed E-state index contributed by atoms with van der Waals surface area (Å²) in [4.78, 5) is 39.9. The zero-order valence-corrected chi connectivity index (χ0v) is 17.1. The number of hydrogen-bond donors (Lipinski definition) is 0. The summed E-state index contributed by atoms with van der Waals surface area (Å²) < 4.78 is 50.3. The Hall–Kier alpha value is -2.00. The van der Waals surface area contributed by atoms with E-state index in [0.717, 1.165) is 4.90 Å². The van der Waals surface area contributed by atoms with Gasteiger partial charge in [-0.1, -0.05) is 0 Å². The Bertz CT molecular complexity index is 706. The number of ether oxygens (including phenoxy) is 2. The smallest absolute Gasteiger partial charge is 0.410 e. The van der Waals surface area contributed by atoms with Gasteiger partial charge in [0.1, 0.15) is 11.0 Å². The molecule has 2 heterocycles. The van der Waals surface area contributed by atoms with Crippen LogP contribution in [0.25, 0.3) is 0 Å². The number of esters is 1. The van der Waals surface area contributed by atoms with Crippen molar-refractivity contribution in [3.8, 4) is 0 Å². The third-order valence-corrected chi connectivity index (χ3v) is 5.87. The number of amides is 2. The Morgan fingerprint density at radius 2 is 1.59 bits per heavy atom. The van der Waals surface area contributed by atoms with Gasteiger partial charge in [0.25, 0.3) is 0 Å². The molecule has 0 N–H and O–H groups in total. The van der Waals surface area contributed by atoms with Crippen molar-refractivity contribution in [1.29, 1.82) is 0 Å². The van der Waals surface area contributed by atoms with E-state index in [4.69, 9.17) is 9.47 Å². The Morgan fingerprint density at radius 1 is 1.03 bits per heavy atom. The fraction of sp³-hybridized carbons (Fsp3) is 0.842. The summed E-state index contributed by atoms with van der Waals surface area (Å²) >= 11 is 0. The quantitative estimate of drug-likeness (QED) is 0.656. The van der Waals surface area contributed by atoms with Crippen molar-refractivity contribution in [1.82, 2.24) is 9.80 Å². The van der Waals surface area contributed by atoms with Crippen LogP contribution >= 0.6 is 0 Å². The Morgan fingerprint density at radius 3 is 2.03 bits per heavy atom. The molecule has 0 aromatic carbocycles. The highest BCUT2D eigenvalue weighted by atomic mass is 19.4. The lowest BCUT2D eigenvalue weighted by atomic mass is 9.71. The molecule has 2 saturated heterocycles. The molecule has 1 spiro atoms. The Balaban J connectivity index is 1.74. The van der Waals surface area contributed by atoms with Gasteiger partial charge in [-0.3, -0.25) is 9.59 Å². The van der Waals surface area contributed by atoms with Crippen LogP contribution in [0, 0.1) is 16.7 Å². The molecule has 3 rings (SSSR count). The Kier molecular flexibility index (Phi) is 5.06. The Labute approximate surface area is 167 Å². The molecular formula is C19H27F3N2O5. The summed E-state index contributed by atoms with van der Waals surface area (Å²) in [6.07, 6.45) is -5.58. The molecule has 164 valence electrons. The second-order valence-electron chi connectivity index (χ2n) is 9.27. The molecule has 1 aliphatic carbocycles. The second kappa shape index (κ2) is 6.77. The first-order valence-electron chi connectivity index (χ1n) is 9.75. The topological polar surface area (TPSA) is 76.2 Å². The minimum Gasteiger partial charge on any atom is -0.466 e. The van der Waals surface area contributed by atoms with Crippen LogP contribution in [0.5, 0.6) is 0 Å². The van der Waals surface area contributed by atoms with Gasteiger partial charge in [0.15, 0.2) is 0 Å². The zero-order valence-electron chi connectivity index (χ0n) is 17.1. The van der Waals surface area contributed by atoms with Crippen LogP contribution < -0.4 is 0 Å². The lowest BCUT2D eigenvalue weighted by Crippen LogP contribution is -2.65. The van der Waals surface area contributed by atoms with Crippen molar-refractivity contribution < 1.29 is 37.0 Å². The van der Waals surface area contributed by atoms with Crippen LogP contribution in [0.3, 0.4) is 0 Å². The van der Waals surface area contributed by atoms with Crippen LogP contribution in [0.15, 0.2) is 0 Å². The molecule has 29 heavy (non-hydrogen) atoms. The largest absolute Gasteiger partial charge is 0.466 e. The minimum atomic E-state index is -4.58. The van der Waals surface area contributed by atoms with E-state index < -0.39 is 46.5 Å². The maximum Gasteiger partial charge on any atom is 0.410 e. The van der Waals surface area contributed by atoms with E-state index in [1.54, 1.807) is 27.7 Å². The minimum absolute atomic E-state index is 0.00750. The number of rotatable bonds is 3. The van der Waals surface area contributed by atoms with Crippen LogP contribution in [0.2, 0.25) is 0 Å². The summed E-state index contributed by atoms with van der Waals surface area (Å²) in [5, 5.41) is 0. The summed E-state index contributed by atoms with van der Waals surface area (Å²) in [6, 6.07) is 0. The first-order valence-corrected chi connectivity index (χ1v) is 9.75. The van der Waals surface area contributed by atoms with E-state index >= 15 is 0 Å². The highest BCUT2D eigenvalue weighted by Crippen LogP contribution is 2.60. The molecule has 1 saturated carbocycles. The SMILES string of the molecule is CCOC(=O)C1CN(C(=O)OC(C)(C)C)CC12CN(C(=O)C1(C(F)(F)F)CC1)C2. The van der Waals surface area contributed by atoms with Crippen molar-refractivity contribution in [3.05, 3.63) is 0 Å². The second-order valence-corrected chi connectivity index (χ2v) is 9.27. The molecule has 1 unspecified atom stereocenters. The molecule has 0 bridgehead atoms. The van der Waals surface area contributed by atoms with E-state index in [-0.39, 0.29) is 45.6 Å². The van der Waals surface area contributed by atoms with Crippen LogP contribution in [-0.2, 0) is 19.1 Å². The average molecular weight is 420 g/mol. The van der Waals surface area contributed by atoms with Gasteiger partial charge < -0.3 is 19.3 Å². The van der Waals surface area contributed by atoms with Gasteiger partial charge in [-0.25, -0.2) is 4.79 Å². The third kappa shape index (κ3) is 3.77. The molecule has 0 aromatic heterocycles. The van der Waals surface area contributed by atoms with Crippen molar-refractivity contribution >= 4 is 18.0 Å². The summed E-state index contributed by atoms with van der Waals surface area (Å²) in [7, 11) is 0. The summed E-state index contributed by atoms with van der Waals surface area (Å²) in [5.41, 5.74) is -3.81. The van der Waals surface area contributed by atoms with E-state index in [1.807, 2.05) is 0 Å². The molecule has 0 radical (unpaired) electrons. The average Bonchev–Trinajstić information content (AvgIpc) is 3.25. The first kappa shape index (κ1) is 21.7. The van der Waals surface area contributed by atoms with Crippen molar-refractivity contribution in [2.75, 3.05) is 32.8 Å². The van der Waals surface area contributed by atoms with E-state index in [2.05, 4.69) is 0 Å². The van der Waals surface area contributed by atoms with E-state index in [1.165, 1.54) is 4.90 Å². The predicted octanol–water partition coefficient (Wildman–Crippen LogP) is 2.59. The lowest BCUT2D eigenvalue weighted by molar-refractivity contribution is -0.206. The van der Waals surface area contributed by atoms with Crippen molar-refractivity contribution in [3.63, 3.8) is 0 Å². The van der Waals surface area contributed by atoms with Gasteiger partial charge in [0.2, 0.25) is 5.91 Å². The number of nitrogens with zero attached hydrogens (tertiary/aromatic N) is 2. The zero-order chi connectivity index (χ0) is 21.8. The van der Waals surface area contributed by atoms with Gasteiger partial charge in [-0.15, -0.1) is 0 Å². The van der Waals surface area contributed by atoms with Gasteiger partial charge >= 0.3 is 18.2 Å². The number of likely N-dealkylation sites (tertiary alicyclic amines) is 2. The molecule has 7 nitrogen and oxygen atoms in total. The van der Waals surface area contributed by atoms with Gasteiger partial charge in [-0.05, 0) is 40.5 Å². The first-order chi connectivity index (χ1) is 13.2. The normalized spacial score (nSPS) is 24.9. The van der Waals surface area contributed by atoms with E-state index in [9.17, 15) is 27.6 Å². The number of hydrogen-bond acceptors (Lipinski definition) is 5. The fourth-order valence-electron chi connectivity index (χ4n) is 4.23. The molecule has 10 heteroatoms. The van der Waals surface area contributed by atoms with E-state index in [0.29, 0.717) is 0 Å². The number of carbonyl (C=O) groups is 3. The van der Waals surface area contributed by atoms with Crippen LogP contribution in [0.4, 0.5) is 18.0 Å². The monoisotopic (exact) mass is 420 g/mol. The van der Waals surface area contributed by atoms with Crippen LogP contribution in [-0.4, -0.2) is 72.3 Å². The highest BCUT2D eigenvalue weighted by Gasteiger charge is 2.71. The maximum absolute atomic E-state index is 13.3. The van der Waals surface area contributed by atoms with Crippen molar-refractivity contribution in [2.45, 2.75) is 52.3 Å². The van der Waals surface area contributed by atoms with Gasteiger partial charge in [0.05, 0.1) is 12.5 Å². The molecule has 2 aliphatic heterocycles. The molecular weight excluding hydrogens is 393 g/mol. The summed E-state index contributed by atoms with van der Waals surface area (Å²) in [5.74, 6) is -2.16.